The van der Waals surface area contributed by atoms with Crippen LogP contribution in [0, 0.1) is 10.1 Å². The number of rotatable bonds is 2. The molecule has 1 heterocycles. The lowest BCUT2D eigenvalue weighted by Gasteiger charge is -2.43. The summed E-state index contributed by atoms with van der Waals surface area (Å²) >= 11 is 5.33. The van der Waals surface area contributed by atoms with E-state index < -0.39 is 4.92 Å². The molecule has 0 amide bonds. The average Bonchev–Trinajstić information content (AvgIpc) is 2.42. The van der Waals surface area contributed by atoms with Gasteiger partial charge in [0.25, 0.3) is 5.69 Å². The molecule has 0 atom stereocenters. The van der Waals surface area contributed by atoms with Gasteiger partial charge in [-0.3, -0.25) is 10.1 Å². The van der Waals surface area contributed by atoms with E-state index in [0.29, 0.717) is 16.3 Å². The van der Waals surface area contributed by atoms with Gasteiger partial charge in [-0.05, 0) is 31.4 Å². The van der Waals surface area contributed by atoms with E-state index in [1.54, 1.807) is 13.1 Å². The molecule has 1 aliphatic carbocycles. The van der Waals surface area contributed by atoms with Crippen molar-refractivity contribution in [1.82, 2.24) is 5.32 Å². The van der Waals surface area contributed by atoms with Gasteiger partial charge in [0.1, 0.15) is 16.3 Å². The number of hydrogen-bond donors (Lipinski definition) is 1. The van der Waals surface area contributed by atoms with Crippen LogP contribution in [0.3, 0.4) is 0 Å². The molecule has 104 valence electrons. The molecule has 5 nitrogen and oxygen atoms in total. The zero-order valence-corrected chi connectivity index (χ0v) is 11.8. The molecular weight excluding hydrogens is 276 g/mol. The first-order chi connectivity index (χ1) is 9.54. The van der Waals surface area contributed by atoms with Gasteiger partial charge in [-0.2, -0.15) is 0 Å². The zero-order chi connectivity index (χ0) is 14.3. The third-order valence-corrected chi connectivity index (χ3v) is 4.28. The minimum Gasteiger partial charge on any atom is -0.483 e. The van der Waals surface area contributed by atoms with Gasteiger partial charge in [-0.15, -0.1) is 0 Å². The third kappa shape index (κ3) is 1.96. The van der Waals surface area contributed by atoms with Gasteiger partial charge in [0, 0.05) is 30.3 Å². The maximum absolute atomic E-state index is 10.9. The van der Waals surface area contributed by atoms with E-state index in [4.69, 9.17) is 17.0 Å². The highest BCUT2D eigenvalue weighted by atomic mass is 32.1. The Balaban J connectivity index is 2.12. The second kappa shape index (κ2) is 4.56. The monoisotopic (exact) mass is 290 g/mol. The first kappa shape index (κ1) is 13.1. The molecule has 1 aromatic carbocycles. The van der Waals surface area contributed by atoms with Crippen LogP contribution in [-0.2, 0) is 0 Å². The Labute approximate surface area is 121 Å². The van der Waals surface area contributed by atoms with Crippen LogP contribution in [0.2, 0.25) is 0 Å². The minimum atomic E-state index is -0.409. The van der Waals surface area contributed by atoms with E-state index in [9.17, 15) is 10.1 Å². The number of nitrogens with zero attached hydrogens (tertiary/aromatic N) is 1. The quantitative estimate of drug-likeness (QED) is 0.515. The highest BCUT2D eigenvalue weighted by molar-refractivity contribution is 7.81. The third-order valence-electron chi connectivity index (χ3n) is 3.86. The fraction of sp³-hybridized carbons (Fsp3) is 0.357. The highest BCUT2D eigenvalue weighted by Gasteiger charge is 2.41. The summed E-state index contributed by atoms with van der Waals surface area (Å²) in [7, 11) is 1.75. The highest BCUT2D eigenvalue weighted by Crippen LogP contribution is 2.46. The normalized spacial score (nSPS) is 18.4. The number of fused-ring (bicyclic) bond motifs is 1. The van der Waals surface area contributed by atoms with Crippen LogP contribution in [0.5, 0.6) is 5.75 Å². The molecule has 0 radical (unpaired) electrons. The van der Waals surface area contributed by atoms with E-state index in [0.717, 1.165) is 24.8 Å². The largest absolute Gasteiger partial charge is 0.483 e. The molecule has 2 aliphatic rings. The number of benzene rings is 1. The van der Waals surface area contributed by atoms with Crippen LogP contribution >= 0.6 is 12.2 Å². The van der Waals surface area contributed by atoms with Crippen LogP contribution in [0.1, 0.15) is 24.8 Å². The Bertz CT molecular complexity index is 635. The van der Waals surface area contributed by atoms with E-state index >= 15 is 0 Å². The Kier molecular flexibility index (Phi) is 2.97. The molecule has 0 unspecified atom stereocenters. The molecule has 6 heteroatoms. The summed E-state index contributed by atoms with van der Waals surface area (Å²) in [5, 5.41) is 13.9. The van der Waals surface area contributed by atoms with Gasteiger partial charge in [-0.25, -0.2) is 0 Å². The average molecular weight is 290 g/mol. The molecule has 1 saturated carbocycles. The Morgan fingerprint density at radius 2 is 2.25 bits per heavy atom. The lowest BCUT2D eigenvalue weighted by molar-refractivity contribution is -0.384. The summed E-state index contributed by atoms with van der Waals surface area (Å²) in [4.78, 5) is 11.1. The van der Waals surface area contributed by atoms with Gasteiger partial charge in [0.15, 0.2) is 0 Å². The van der Waals surface area contributed by atoms with Gasteiger partial charge >= 0.3 is 0 Å². The van der Waals surface area contributed by atoms with Crippen LogP contribution in [-0.4, -0.2) is 22.6 Å². The summed E-state index contributed by atoms with van der Waals surface area (Å²) in [6.07, 6.45) is 5.05. The molecule has 0 bridgehead atoms. The van der Waals surface area contributed by atoms with Gasteiger partial charge < -0.3 is 10.1 Å². The molecule has 3 rings (SSSR count). The van der Waals surface area contributed by atoms with Crippen molar-refractivity contribution in [3.05, 3.63) is 40.0 Å². The van der Waals surface area contributed by atoms with Gasteiger partial charge in [0.05, 0.1) is 4.92 Å². The predicted molar refractivity (Wildman–Crippen MR) is 79.9 cm³/mol. The summed E-state index contributed by atoms with van der Waals surface area (Å²) in [5.41, 5.74) is 1.28. The number of hydrogen-bond acceptors (Lipinski definition) is 4. The molecule has 1 aromatic rings. The van der Waals surface area contributed by atoms with Crippen molar-refractivity contribution in [3.63, 3.8) is 0 Å². The fourth-order valence-corrected chi connectivity index (χ4v) is 2.78. The number of nitro benzene ring substituents is 1. The molecule has 0 aromatic heterocycles. The van der Waals surface area contributed by atoms with E-state index in [1.807, 2.05) is 6.08 Å². The van der Waals surface area contributed by atoms with Crippen LogP contribution in [0.15, 0.2) is 24.3 Å². The number of thiocarbonyl (C=S) groups is 1. The Morgan fingerprint density at radius 1 is 1.50 bits per heavy atom. The number of nitro groups is 1. The van der Waals surface area contributed by atoms with Gasteiger partial charge in [-0.1, -0.05) is 12.2 Å². The predicted octanol–water partition coefficient (Wildman–Crippen LogP) is 2.84. The first-order valence-electron chi connectivity index (χ1n) is 6.47. The molecule has 1 fully saturated rings. The van der Waals surface area contributed by atoms with E-state index in [-0.39, 0.29) is 11.3 Å². The van der Waals surface area contributed by atoms with Crippen molar-refractivity contribution in [2.24, 2.45) is 0 Å². The van der Waals surface area contributed by atoms with Crippen molar-refractivity contribution in [2.75, 3.05) is 7.05 Å². The maximum Gasteiger partial charge on any atom is 0.270 e. The van der Waals surface area contributed by atoms with E-state index in [2.05, 4.69) is 5.32 Å². The number of likely N-dealkylation sites (N-methyl/N-ethyl adjacent to an activating group) is 1. The molecule has 1 aliphatic heterocycles. The molecule has 0 saturated heterocycles. The zero-order valence-electron chi connectivity index (χ0n) is 11.0. The molecule has 20 heavy (non-hydrogen) atoms. The number of nitrogens with one attached hydrogen (secondary N) is 1. The summed E-state index contributed by atoms with van der Waals surface area (Å²) in [5.74, 6) is 0.672. The van der Waals surface area contributed by atoms with Crippen molar-refractivity contribution in [3.8, 4) is 5.75 Å². The number of non-ortho nitro benzene ring substituents is 1. The molecule has 1 spiro atoms. The molecule has 1 N–H and O–H groups in total. The first-order valence-corrected chi connectivity index (χ1v) is 6.88. The second-order valence-electron chi connectivity index (χ2n) is 5.10. The van der Waals surface area contributed by atoms with Crippen molar-refractivity contribution >= 4 is 28.5 Å². The lowest BCUT2D eigenvalue weighted by Crippen LogP contribution is -2.44. The topological polar surface area (TPSA) is 64.4 Å². The van der Waals surface area contributed by atoms with Crippen molar-refractivity contribution in [2.45, 2.75) is 24.9 Å². The smallest absolute Gasteiger partial charge is 0.270 e. The van der Waals surface area contributed by atoms with Gasteiger partial charge in [0.2, 0.25) is 0 Å². The maximum atomic E-state index is 10.9. The van der Waals surface area contributed by atoms with Crippen LogP contribution < -0.4 is 10.1 Å². The Hall–Kier alpha value is -1.95. The fourth-order valence-electron chi connectivity index (χ4n) is 2.61. The minimum absolute atomic E-state index is 0.0433. The summed E-state index contributed by atoms with van der Waals surface area (Å²) < 4.78 is 6.03. The summed E-state index contributed by atoms with van der Waals surface area (Å²) in [6.45, 7) is 0. The Morgan fingerprint density at radius 3 is 2.80 bits per heavy atom. The standard InChI is InChI=1S/C14H14N2O3S/c1-15-13(20)11-8-14(5-2-6-14)19-12-4-3-9(16(17)18)7-10(11)12/h3-4,7-8H,2,5-6H2,1H3,(H,15,20). The van der Waals surface area contributed by atoms with E-state index in [1.165, 1.54) is 12.1 Å². The second-order valence-corrected chi connectivity index (χ2v) is 5.50. The lowest BCUT2D eigenvalue weighted by atomic mass is 9.76. The SMILES string of the molecule is CNC(=S)C1=CC2(CCC2)Oc2ccc([N+](=O)[O-])cc21. The van der Waals surface area contributed by atoms with Crippen LogP contribution in [0.4, 0.5) is 5.69 Å². The van der Waals surface area contributed by atoms with Crippen LogP contribution in [0.25, 0.3) is 5.57 Å². The van der Waals surface area contributed by atoms with Crippen molar-refractivity contribution < 1.29 is 9.66 Å². The van der Waals surface area contributed by atoms with Crippen molar-refractivity contribution in [1.29, 1.82) is 0 Å². The number of ether oxygens (including phenoxy) is 1. The summed E-state index contributed by atoms with van der Waals surface area (Å²) in [6, 6.07) is 4.66. The molecular formula is C14H14N2O3S.